The number of halogens is 3. The van der Waals surface area contributed by atoms with Gasteiger partial charge in [0.15, 0.2) is 17.5 Å². The van der Waals surface area contributed by atoms with E-state index in [-0.39, 0.29) is 5.69 Å². The maximum absolute atomic E-state index is 13.2. The van der Waals surface area contributed by atoms with Crippen LogP contribution in [0.25, 0.3) is 0 Å². The lowest BCUT2D eigenvalue weighted by Gasteiger charge is -2.07. The molecule has 0 radical (unpaired) electrons. The molecule has 0 bridgehead atoms. The molecule has 0 amide bonds. The fourth-order valence-corrected chi connectivity index (χ4v) is 1.75. The van der Waals surface area contributed by atoms with Crippen molar-refractivity contribution in [1.82, 2.24) is 0 Å². The Labute approximate surface area is 97.4 Å². The molecule has 0 saturated carbocycles. The largest absolute Gasteiger partial charge is 0.383 e. The summed E-state index contributed by atoms with van der Waals surface area (Å²) in [4.78, 5) is 0. The van der Waals surface area contributed by atoms with Gasteiger partial charge in [0.05, 0.1) is 5.69 Å². The molecule has 0 saturated heterocycles. The summed E-state index contributed by atoms with van der Waals surface area (Å²) in [5.74, 6) is -2.69. The van der Waals surface area contributed by atoms with Gasteiger partial charge in [0.2, 0.25) is 0 Å². The van der Waals surface area contributed by atoms with Crippen LogP contribution in [0.5, 0.6) is 0 Å². The number of hydrogen-bond acceptors (Lipinski definition) is 2. The number of thioether (sulfide) groups is 1. The second-order valence-electron chi connectivity index (χ2n) is 3.35. The Hall–Kier alpha value is -0.840. The molecule has 0 spiro atoms. The molecule has 1 rings (SSSR count). The molecule has 1 aromatic rings. The Morgan fingerprint density at radius 2 is 1.88 bits per heavy atom. The van der Waals surface area contributed by atoms with Crippen LogP contribution in [-0.2, 0) is 0 Å². The van der Waals surface area contributed by atoms with E-state index in [0.717, 1.165) is 24.7 Å². The maximum Gasteiger partial charge on any atom is 0.196 e. The van der Waals surface area contributed by atoms with Gasteiger partial charge in [-0.3, -0.25) is 0 Å². The summed E-state index contributed by atoms with van der Waals surface area (Å²) in [6, 6.07) is 2.13. The molecule has 1 nitrogen and oxygen atoms in total. The summed E-state index contributed by atoms with van der Waals surface area (Å²) < 4.78 is 38.6. The van der Waals surface area contributed by atoms with Gasteiger partial charge < -0.3 is 5.32 Å². The van der Waals surface area contributed by atoms with Crippen molar-refractivity contribution >= 4 is 17.4 Å². The summed E-state index contributed by atoms with van der Waals surface area (Å²) in [5.41, 5.74) is 0.0167. The van der Waals surface area contributed by atoms with Crippen molar-refractivity contribution in [2.45, 2.75) is 12.8 Å². The highest BCUT2D eigenvalue weighted by molar-refractivity contribution is 7.98. The highest BCUT2D eigenvalue weighted by atomic mass is 32.2. The van der Waals surface area contributed by atoms with E-state index in [4.69, 9.17) is 0 Å². The first-order chi connectivity index (χ1) is 7.66. The molecule has 1 N–H and O–H groups in total. The van der Waals surface area contributed by atoms with Crippen LogP contribution in [0, 0.1) is 17.5 Å². The number of nitrogens with one attached hydrogen (secondary N) is 1. The van der Waals surface area contributed by atoms with E-state index >= 15 is 0 Å². The minimum Gasteiger partial charge on any atom is -0.383 e. The van der Waals surface area contributed by atoms with E-state index in [0.29, 0.717) is 6.54 Å². The molecular weight excluding hydrogens is 235 g/mol. The Bertz CT molecular complexity index is 344. The Balaban J connectivity index is 2.45. The van der Waals surface area contributed by atoms with Crippen LogP contribution < -0.4 is 5.32 Å². The minimum atomic E-state index is -1.42. The Morgan fingerprint density at radius 1 is 1.12 bits per heavy atom. The highest BCUT2D eigenvalue weighted by Gasteiger charge is 2.12. The van der Waals surface area contributed by atoms with Crippen molar-refractivity contribution in [1.29, 1.82) is 0 Å². The third kappa shape index (κ3) is 3.63. The smallest absolute Gasteiger partial charge is 0.196 e. The van der Waals surface area contributed by atoms with E-state index in [1.165, 1.54) is 6.07 Å². The SMILES string of the molecule is CSCCCCNc1ccc(F)c(F)c1F. The van der Waals surface area contributed by atoms with Crippen molar-refractivity contribution in [2.75, 3.05) is 23.9 Å². The first kappa shape index (κ1) is 13.2. The number of benzene rings is 1. The average molecular weight is 249 g/mol. The third-order valence-electron chi connectivity index (χ3n) is 2.13. The van der Waals surface area contributed by atoms with Crippen LogP contribution in [-0.4, -0.2) is 18.6 Å². The first-order valence-corrected chi connectivity index (χ1v) is 6.42. The Kier molecular flexibility index (Phi) is 5.52. The molecular formula is C11H14F3NS. The topological polar surface area (TPSA) is 12.0 Å². The molecule has 16 heavy (non-hydrogen) atoms. The third-order valence-corrected chi connectivity index (χ3v) is 2.82. The fourth-order valence-electron chi connectivity index (χ4n) is 1.26. The van der Waals surface area contributed by atoms with Crippen LogP contribution in [0.1, 0.15) is 12.8 Å². The van der Waals surface area contributed by atoms with Gasteiger partial charge in [0, 0.05) is 6.54 Å². The molecule has 0 fully saturated rings. The average Bonchev–Trinajstić information content (AvgIpc) is 2.28. The van der Waals surface area contributed by atoms with Gasteiger partial charge in [-0.05, 0) is 37.0 Å². The summed E-state index contributed by atoms with van der Waals surface area (Å²) in [6.45, 7) is 0.558. The van der Waals surface area contributed by atoms with Gasteiger partial charge in [-0.25, -0.2) is 13.2 Å². The Morgan fingerprint density at radius 3 is 2.56 bits per heavy atom. The number of unbranched alkanes of at least 4 members (excludes halogenated alkanes) is 1. The van der Waals surface area contributed by atoms with Gasteiger partial charge in [-0.1, -0.05) is 0 Å². The lowest BCUT2D eigenvalue weighted by molar-refractivity contribution is 0.449. The van der Waals surface area contributed by atoms with Gasteiger partial charge in [0.25, 0.3) is 0 Å². The normalized spacial score (nSPS) is 10.5. The molecule has 5 heteroatoms. The van der Waals surface area contributed by atoms with Crippen molar-refractivity contribution in [3.8, 4) is 0 Å². The van der Waals surface area contributed by atoms with Gasteiger partial charge in [-0.15, -0.1) is 0 Å². The van der Waals surface area contributed by atoms with E-state index in [1.807, 2.05) is 6.26 Å². The first-order valence-electron chi connectivity index (χ1n) is 5.03. The van der Waals surface area contributed by atoms with E-state index < -0.39 is 17.5 Å². The standard InChI is InChI=1S/C11H14F3NS/c1-16-7-3-2-6-15-9-5-4-8(12)10(13)11(9)14/h4-5,15H,2-3,6-7H2,1H3. The van der Waals surface area contributed by atoms with E-state index in [9.17, 15) is 13.2 Å². The molecule has 0 aliphatic rings. The van der Waals surface area contributed by atoms with Gasteiger partial charge >= 0.3 is 0 Å². The van der Waals surface area contributed by atoms with Crippen molar-refractivity contribution in [3.63, 3.8) is 0 Å². The van der Waals surface area contributed by atoms with E-state index in [1.54, 1.807) is 11.8 Å². The molecule has 1 aromatic carbocycles. The molecule has 0 unspecified atom stereocenters. The fraction of sp³-hybridized carbons (Fsp3) is 0.455. The van der Waals surface area contributed by atoms with E-state index in [2.05, 4.69) is 5.32 Å². The van der Waals surface area contributed by atoms with Crippen molar-refractivity contribution < 1.29 is 13.2 Å². The zero-order chi connectivity index (χ0) is 12.0. The van der Waals surface area contributed by atoms with Gasteiger partial charge in [-0.2, -0.15) is 11.8 Å². The zero-order valence-corrected chi connectivity index (χ0v) is 9.84. The monoisotopic (exact) mass is 249 g/mol. The van der Waals surface area contributed by atoms with Crippen LogP contribution in [0.2, 0.25) is 0 Å². The van der Waals surface area contributed by atoms with Crippen LogP contribution >= 0.6 is 11.8 Å². The van der Waals surface area contributed by atoms with Gasteiger partial charge in [0.1, 0.15) is 0 Å². The summed E-state index contributed by atoms with van der Waals surface area (Å²) in [7, 11) is 0. The number of anilines is 1. The lowest BCUT2D eigenvalue weighted by atomic mass is 10.2. The quantitative estimate of drug-likeness (QED) is 0.610. The zero-order valence-electron chi connectivity index (χ0n) is 9.03. The summed E-state index contributed by atoms with van der Waals surface area (Å²) in [6.07, 6.45) is 3.90. The van der Waals surface area contributed by atoms with Crippen LogP contribution in [0.4, 0.5) is 18.9 Å². The lowest BCUT2D eigenvalue weighted by Crippen LogP contribution is -2.05. The van der Waals surface area contributed by atoms with Crippen molar-refractivity contribution in [2.24, 2.45) is 0 Å². The minimum absolute atomic E-state index is 0.0167. The molecule has 90 valence electrons. The molecule has 0 aliphatic heterocycles. The second-order valence-corrected chi connectivity index (χ2v) is 4.34. The highest BCUT2D eigenvalue weighted by Crippen LogP contribution is 2.19. The molecule has 0 aliphatic carbocycles. The predicted molar refractivity (Wildman–Crippen MR) is 62.4 cm³/mol. The molecule has 0 heterocycles. The van der Waals surface area contributed by atoms with Crippen LogP contribution in [0.3, 0.4) is 0 Å². The number of rotatable bonds is 6. The molecule has 0 atom stereocenters. The predicted octanol–water partition coefficient (Wildman–Crippen LogP) is 3.66. The van der Waals surface area contributed by atoms with Crippen LogP contribution in [0.15, 0.2) is 12.1 Å². The molecule has 0 aromatic heterocycles. The summed E-state index contributed by atoms with van der Waals surface area (Å²) in [5, 5.41) is 2.75. The summed E-state index contributed by atoms with van der Waals surface area (Å²) >= 11 is 1.74. The number of hydrogen-bond donors (Lipinski definition) is 1. The van der Waals surface area contributed by atoms with Crippen molar-refractivity contribution in [3.05, 3.63) is 29.6 Å². The maximum atomic E-state index is 13.2. The second kappa shape index (κ2) is 6.68.